The van der Waals surface area contributed by atoms with E-state index in [0.717, 1.165) is 12.8 Å². The minimum atomic E-state index is -0.508. The number of nitrogens with zero attached hydrogens (tertiary/aromatic N) is 1. The van der Waals surface area contributed by atoms with Crippen LogP contribution in [0.2, 0.25) is 0 Å². The zero-order valence-corrected chi connectivity index (χ0v) is 13.7. The topological polar surface area (TPSA) is 87.7 Å². The summed E-state index contributed by atoms with van der Waals surface area (Å²) in [6.07, 6.45) is 2.46. The number of hydrogen-bond donors (Lipinski definition) is 2. The van der Waals surface area contributed by atoms with Gasteiger partial charge in [-0.25, -0.2) is 4.79 Å². The molecule has 1 aliphatic rings. The van der Waals surface area contributed by atoms with Crippen molar-refractivity contribution in [3.8, 4) is 0 Å². The van der Waals surface area contributed by atoms with Crippen molar-refractivity contribution in [2.45, 2.75) is 45.6 Å². The summed E-state index contributed by atoms with van der Waals surface area (Å²) in [5.74, 6) is -0.109. The number of amides is 3. The Labute approximate surface area is 131 Å². The number of carbonyl (C=O) groups excluding carboxylic acids is 3. The lowest BCUT2D eigenvalue weighted by Gasteiger charge is -2.26. The van der Waals surface area contributed by atoms with Gasteiger partial charge in [-0.1, -0.05) is 0 Å². The second-order valence-electron chi connectivity index (χ2n) is 6.46. The fraction of sp³-hybridized carbons (Fsp3) is 0.800. The third-order valence-electron chi connectivity index (χ3n) is 3.40. The molecule has 2 N–H and O–H groups in total. The van der Waals surface area contributed by atoms with E-state index >= 15 is 0 Å². The van der Waals surface area contributed by atoms with Crippen molar-refractivity contribution >= 4 is 18.4 Å². The van der Waals surface area contributed by atoms with Crippen LogP contribution in [0.3, 0.4) is 0 Å². The number of likely N-dealkylation sites (tertiary alicyclic amines) is 1. The molecule has 126 valence electrons. The molecule has 0 aromatic carbocycles. The van der Waals surface area contributed by atoms with Gasteiger partial charge in [-0.2, -0.15) is 0 Å². The molecular formula is C15H27N3O4. The highest BCUT2D eigenvalue weighted by molar-refractivity contribution is 5.78. The van der Waals surface area contributed by atoms with E-state index in [9.17, 15) is 14.4 Å². The van der Waals surface area contributed by atoms with E-state index < -0.39 is 5.60 Å². The highest BCUT2D eigenvalue weighted by atomic mass is 16.6. The standard InChI is InChI=1S/C15H27N3O4/c1-15(2,3)22-14(21)18-9-4-5-12(6-10-18)13(20)17-8-7-16-11-19/h11-12H,4-10H2,1-3H3,(H,16,19)(H,17,20). The van der Waals surface area contributed by atoms with Crippen molar-refractivity contribution in [3.63, 3.8) is 0 Å². The van der Waals surface area contributed by atoms with Crippen molar-refractivity contribution in [2.75, 3.05) is 26.2 Å². The molecule has 1 rings (SSSR count). The molecule has 7 nitrogen and oxygen atoms in total. The van der Waals surface area contributed by atoms with E-state index in [2.05, 4.69) is 10.6 Å². The second kappa shape index (κ2) is 8.60. The Balaban J connectivity index is 2.40. The average molecular weight is 313 g/mol. The molecule has 1 heterocycles. The van der Waals surface area contributed by atoms with Crippen molar-refractivity contribution in [1.29, 1.82) is 0 Å². The molecule has 3 amide bonds. The zero-order valence-electron chi connectivity index (χ0n) is 13.7. The van der Waals surface area contributed by atoms with Crippen LogP contribution in [-0.4, -0.2) is 55.1 Å². The quantitative estimate of drug-likeness (QED) is 0.583. The number of ether oxygens (including phenoxy) is 1. The van der Waals surface area contributed by atoms with Crippen LogP contribution in [0.25, 0.3) is 0 Å². The number of nitrogens with one attached hydrogen (secondary N) is 2. The largest absolute Gasteiger partial charge is 0.444 e. The van der Waals surface area contributed by atoms with Crippen LogP contribution in [-0.2, 0) is 14.3 Å². The molecule has 0 aliphatic carbocycles. The van der Waals surface area contributed by atoms with Crippen LogP contribution in [0.15, 0.2) is 0 Å². The second-order valence-corrected chi connectivity index (χ2v) is 6.46. The molecule has 1 atom stereocenters. The third-order valence-corrected chi connectivity index (χ3v) is 3.40. The summed E-state index contributed by atoms with van der Waals surface area (Å²) in [6.45, 7) is 7.51. The Hall–Kier alpha value is -1.79. The van der Waals surface area contributed by atoms with Crippen LogP contribution >= 0.6 is 0 Å². The number of carbonyl (C=O) groups is 3. The van der Waals surface area contributed by atoms with E-state index in [0.29, 0.717) is 39.0 Å². The van der Waals surface area contributed by atoms with Gasteiger partial charge in [0.15, 0.2) is 0 Å². The van der Waals surface area contributed by atoms with Gasteiger partial charge in [-0.05, 0) is 40.0 Å². The molecule has 0 aromatic heterocycles. The average Bonchev–Trinajstić information content (AvgIpc) is 2.67. The van der Waals surface area contributed by atoms with Gasteiger partial charge < -0.3 is 20.3 Å². The van der Waals surface area contributed by atoms with Crippen molar-refractivity contribution in [2.24, 2.45) is 5.92 Å². The first-order valence-electron chi connectivity index (χ1n) is 7.76. The molecule has 0 saturated carbocycles. The minimum Gasteiger partial charge on any atom is -0.444 e. The van der Waals surface area contributed by atoms with Crippen LogP contribution < -0.4 is 10.6 Å². The molecular weight excluding hydrogens is 286 g/mol. The van der Waals surface area contributed by atoms with E-state index in [1.54, 1.807) is 4.90 Å². The monoisotopic (exact) mass is 313 g/mol. The van der Waals surface area contributed by atoms with Gasteiger partial charge in [0.05, 0.1) is 0 Å². The lowest BCUT2D eigenvalue weighted by atomic mass is 10.00. The summed E-state index contributed by atoms with van der Waals surface area (Å²) < 4.78 is 5.37. The van der Waals surface area contributed by atoms with E-state index in [1.807, 2.05) is 20.8 Å². The highest BCUT2D eigenvalue weighted by Gasteiger charge is 2.27. The first-order valence-corrected chi connectivity index (χ1v) is 7.76. The van der Waals surface area contributed by atoms with Gasteiger partial charge in [0.1, 0.15) is 5.60 Å². The summed E-state index contributed by atoms with van der Waals surface area (Å²) >= 11 is 0. The van der Waals surface area contributed by atoms with Gasteiger partial charge in [0.25, 0.3) is 0 Å². The Kier molecular flexibility index (Phi) is 7.14. The van der Waals surface area contributed by atoms with E-state index in [4.69, 9.17) is 4.74 Å². The van der Waals surface area contributed by atoms with Gasteiger partial charge in [0, 0.05) is 32.1 Å². The van der Waals surface area contributed by atoms with Crippen LogP contribution in [0.5, 0.6) is 0 Å². The van der Waals surface area contributed by atoms with Gasteiger partial charge >= 0.3 is 6.09 Å². The molecule has 1 unspecified atom stereocenters. The molecule has 1 fully saturated rings. The Bertz CT molecular complexity index is 393. The third kappa shape index (κ3) is 6.78. The summed E-state index contributed by atoms with van der Waals surface area (Å²) in [6, 6.07) is 0. The molecule has 0 spiro atoms. The first kappa shape index (κ1) is 18.3. The summed E-state index contributed by atoms with van der Waals surface area (Å²) in [5, 5.41) is 5.30. The van der Waals surface area contributed by atoms with Gasteiger partial charge in [0.2, 0.25) is 12.3 Å². The zero-order chi connectivity index (χ0) is 16.6. The molecule has 0 radical (unpaired) electrons. The lowest BCUT2D eigenvalue weighted by molar-refractivity contribution is -0.125. The molecule has 0 bridgehead atoms. The molecule has 0 aromatic rings. The SMILES string of the molecule is CC(C)(C)OC(=O)N1CCCC(C(=O)NCCNC=O)CC1. The number of hydrogen-bond acceptors (Lipinski definition) is 4. The summed E-state index contributed by atoms with van der Waals surface area (Å²) in [5.41, 5.74) is -0.508. The Morgan fingerprint density at radius 1 is 1.23 bits per heavy atom. The minimum absolute atomic E-state index is 0.0151. The van der Waals surface area contributed by atoms with Gasteiger partial charge in [-0.3, -0.25) is 9.59 Å². The molecule has 22 heavy (non-hydrogen) atoms. The predicted octanol–water partition coefficient (Wildman–Crippen LogP) is 0.886. The summed E-state index contributed by atoms with van der Waals surface area (Å²) in [7, 11) is 0. The van der Waals surface area contributed by atoms with Crippen LogP contribution in [0.1, 0.15) is 40.0 Å². The fourth-order valence-corrected chi connectivity index (χ4v) is 2.33. The predicted molar refractivity (Wildman–Crippen MR) is 82.2 cm³/mol. The molecule has 1 aliphatic heterocycles. The Morgan fingerprint density at radius 2 is 1.95 bits per heavy atom. The number of rotatable bonds is 5. The van der Waals surface area contributed by atoms with E-state index in [1.165, 1.54) is 0 Å². The van der Waals surface area contributed by atoms with Gasteiger partial charge in [-0.15, -0.1) is 0 Å². The molecule has 1 saturated heterocycles. The highest BCUT2D eigenvalue weighted by Crippen LogP contribution is 2.19. The fourth-order valence-electron chi connectivity index (χ4n) is 2.33. The maximum absolute atomic E-state index is 12.1. The van der Waals surface area contributed by atoms with E-state index in [-0.39, 0.29) is 17.9 Å². The maximum atomic E-state index is 12.1. The lowest BCUT2D eigenvalue weighted by Crippen LogP contribution is -2.38. The normalized spacial score (nSPS) is 19.0. The maximum Gasteiger partial charge on any atom is 0.410 e. The summed E-state index contributed by atoms with van der Waals surface area (Å²) in [4.78, 5) is 35.9. The first-order chi connectivity index (χ1) is 10.3. The van der Waals surface area contributed by atoms with Crippen molar-refractivity contribution in [3.05, 3.63) is 0 Å². The van der Waals surface area contributed by atoms with Crippen molar-refractivity contribution < 1.29 is 19.1 Å². The van der Waals surface area contributed by atoms with Crippen LogP contribution in [0.4, 0.5) is 4.79 Å². The smallest absolute Gasteiger partial charge is 0.410 e. The van der Waals surface area contributed by atoms with Crippen molar-refractivity contribution in [1.82, 2.24) is 15.5 Å². The molecule has 7 heteroatoms. The Morgan fingerprint density at radius 3 is 2.59 bits per heavy atom. The van der Waals surface area contributed by atoms with Crippen LogP contribution in [0, 0.1) is 5.92 Å².